The lowest BCUT2D eigenvalue weighted by molar-refractivity contribution is -0.139. The van der Waals surface area contributed by atoms with E-state index in [1.54, 1.807) is 68.4 Å². The van der Waals surface area contributed by atoms with Gasteiger partial charge in [0.15, 0.2) is 0 Å². The highest BCUT2D eigenvalue weighted by Crippen LogP contribution is 2.38. The molecule has 0 spiro atoms. The van der Waals surface area contributed by atoms with Gasteiger partial charge in [-0.3, -0.25) is 9.69 Å². The summed E-state index contributed by atoms with van der Waals surface area (Å²) in [5.41, 5.74) is 1.29. The van der Waals surface area contributed by atoms with Crippen molar-refractivity contribution < 1.29 is 23.9 Å². The molecule has 0 bridgehead atoms. The topological polar surface area (TPSA) is 72.9 Å². The van der Waals surface area contributed by atoms with E-state index < -0.39 is 23.8 Å². The van der Waals surface area contributed by atoms with E-state index >= 15 is 0 Å². The van der Waals surface area contributed by atoms with Crippen LogP contribution in [0.25, 0.3) is 0 Å². The van der Waals surface area contributed by atoms with Crippen LogP contribution in [0.3, 0.4) is 0 Å². The second-order valence-corrected chi connectivity index (χ2v) is 7.11. The van der Waals surface area contributed by atoms with Crippen molar-refractivity contribution in [1.29, 1.82) is 0 Å². The van der Waals surface area contributed by atoms with Gasteiger partial charge in [0, 0.05) is 23.0 Å². The molecule has 0 aromatic heterocycles. The van der Waals surface area contributed by atoms with Gasteiger partial charge >= 0.3 is 11.9 Å². The molecule has 1 aliphatic rings. The summed E-state index contributed by atoms with van der Waals surface area (Å²) < 4.78 is 10.5. The number of esters is 2. The van der Waals surface area contributed by atoms with Crippen LogP contribution < -0.4 is 0 Å². The van der Waals surface area contributed by atoms with Crippen molar-refractivity contribution in [1.82, 2.24) is 4.90 Å². The van der Waals surface area contributed by atoms with Gasteiger partial charge in [-0.1, -0.05) is 41.9 Å². The van der Waals surface area contributed by atoms with Gasteiger partial charge < -0.3 is 9.47 Å². The second kappa shape index (κ2) is 10.1. The molecule has 31 heavy (non-hydrogen) atoms. The van der Waals surface area contributed by atoms with E-state index in [0.717, 1.165) is 0 Å². The summed E-state index contributed by atoms with van der Waals surface area (Å²) in [7, 11) is 0. The SMILES string of the molecule is CCOC(=O)C1=CN(C(=O)c2ccccc2)C=C(C(=O)OCC)C1c1cccc(Cl)c1. The molecule has 0 N–H and O–H groups in total. The quantitative estimate of drug-likeness (QED) is 0.621. The van der Waals surface area contributed by atoms with Gasteiger partial charge in [-0.25, -0.2) is 9.59 Å². The Kier molecular flexibility index (Phi) is 7.26. The molecule has 0 atom stereocenters. The standard InChI is InChI=1S/C24H22ClNO5/c1-3-30-23(28)19-14-26(22(27)16-9-6-5-7-10-16)15-20(24(29)31-4-2)21(19)17-11-8-12-18(25)13-17/h5-15,21H,3-4H2,1-2H3. The smallest absolute Gasteiger partial charge is 0.336 e. The zero-order valence-electron chi connectivity index (χ0n) is 17.2. The van der Waals surface area contributed by atoms with E-state index in [2.05, 4.69) is 0 Å². The molecular weight excluding hydrogens is 418 g/mol. The molecule has 0 saturated carbocycles. The summed E-state index contributed by atoms with van der Waals surface area (Å²) >= 11 is 6.16. The van der Waals surface area contributed by atoms with Gasteiger partial charge in [-0.15, -0.1) is 0 Å². The van der Waals surface area contributed by atoms with Gasteiger partial charge in [-0.2, -0.15) is 0 Å². The molecule has 0 aliphatic carbocycles. The monoisotopic (exact) mass is 439 g/mol. The average molecular weight is 440 g/mol. The number of halogens is 1. The molecule has 0 saturated heterocycles. The largest absolute Gasteiger partial charge is 0.463 e. The zero-order chi connectivity index (χ0) is 22.4. The predicted molar refractivity (Wildman–Crippen MR) is 116 cm³/mol. The molecule has 3 rings (SSSR count). The van der Waals surface area contributed by atoms with E-state index in [9.17, 15) is 14.4 Å². The minimum Gasteiger partial charge on any atom is -0.463 e. The molecule has 1 amide bonds. The highest BCUT2D eigenvalue weighted by molar-refractivity contribution is 6.30. The van der Waals surface area contributed by atoms with E-state index in [4.69, 9.17) is 21.1 Å². The van der Waals surface area contributed by atoms with Gasteiger partial charge in [0.25, 0.3) is 5.91 Å². The molecular formula is C24H22ClNO5. The van der Waals surface area contributed by atoms with Gasteiger partial charge in [0.2, 0.25) is 0 Å². The van der Waals surface area contributed by atoms with E-state index in [0.29, 0.717) is 16.1 Å². The summed E-state index contributed by atoms with van der Waals surface area (Å²) in [5.74, 6) is -2.45. The molecule has 2 aromatic carbocycles. The number of carbonyl (C=O) groups is 3. The number of hydrogen-bond donors (Lipinski definition) is 0. The fraction of sp³-hybridized carbons (Fsp3) is 0.208. The molecule has 1 aliphatic heterocycles. The van der Waals surface area contributed by atoms with Crippen molar-refractivity contribution in [3.05, 3.63) is 94.3 Å². The molecule has 6 nitrogen and oxygen atoms in total. The summed E-state index contributed by atoms with van der Waals surface area (Å²) in [6.07, 6.45) is 2.81. The molecule has 2 aromatic rings. The second-order valence-electron chi connectivity index (χ2n) is 6.68. The minimum absolute atomic E-state index is 0.138. The minimum atomic E-state index is -0.795. The summed E-state index contributed by atoms with van der Waals surface area (Å²) in [5, 5.41) is 0.451. The van der Waals surface area contributed by atoms with Crippen LogP contribution in [-0.2, 0) is 19.1 Å². The molecule has 160 valence electrons. The summed E-state index contributed by atoms with van der Waals surface area (Å²) in [6.45, 7) is 3.66. The third kappa shape index (κ3) is 5.03. The van der Waals surface area contributed by atoms with Crippen molar-refractivity contribution >= 4 is 29.4 Å². The highest BCUT2D eigenvalue weighted by atomic mass is 35.5. The number of nitrogens with zero attached hydrogens (tertiary/aromatic N) is 1. The summed E-state index contributed by atoms with van der Waals surface area (Å²) in [4.78, 5) is 40.0. The van der Waals surface area contributed by atoms with E-state index in [1.807, 2.05) is 0 Å². The van der Waals surface area contributed by atoms with Crippen molar-refractivity contribution in [3.63, 3.8) is 0 Å². The number of hydrogen-bond acceptors (Lipinski definition) is 5. The Morgan fingerprint density at radius 2 is 1.45 bits per heavy atom. The maximum Gasteiger partial charge on any atom is 0.336 e. The van der Waals surface area contributed by atoms with Crippen LogP contribution >= 0.6 is 11.6 Å². The molecule has 0 unspecified atom stereocenters. The number of benzene rings is 2. The first-order valence-electron chi connectivity index (χ1n) is 9.87. The predicted octanol–water partition coefficient (Wildman–Crippen LogP) is 4.47. The number of rotatable bonds is 6. The number of carbonyl (C=O) groups excluding carboxylic acids is 3. The Morgan fingerprint density at radius 1 is 0.871 bits per heavy atom. The molecule has 0 radical (unpaired) electrons. The average Bonchev–Trinajstić information content (AvgIpc) is 2.78. The fourth-order valence-corrected chi connectivity index (χ4v) is 3.51. The lowest BCUT2D eigenvalue weighted by atomic mass is 9.83. The Balaban J connectivity index is 2.15. The maximum absolute atomic E-state index is 13.1. The number of amides is 1. The van der Waals surface area contributed by atoms with Crippen LogP contribution in [0, 0.1) is 0 Å². The van der Waals surface area contributed by atoms with E-state index in [-0.39, 0.29) is 24.4 Å². The van der Waals surface area contributed by atoms with Gasteiger partial charge in [0.1, 0.15) is 0 Å². The van der Waals surface area contributed by atoms with Gasteiger partial charge in [0.05, 0.1) is 30.3 Å². The van der Waals surface area contributed by atoms with Crippen LogP contribution in [0.15, 0.2) is 78.1 Å². The van der Waals surface area contributed by atoms with Crippen LogP contribution in [0.2, 0.25) is 5.02 Å². The molecule has 1 heterocycles. The number of ether oxygens (including phenoxy) is 2. The van der Waals surface area contributed by atoms with Crippen LogP contribution in [0.1, 0.15) is 35.7 Å². The van der Waals surface area contributed by atoms with Gasteiger partial charge in [-0.05, 0) is 43.7 Å². The van der Waals surface area contributed by atoms with Crippen molar-refractivity contribution in [2.45, 2.75) is 19.8 Å². The zero-order valence-corrected chi connectivity index (χ0v) is 18.0. The van der Waals surface area contributed by atoms with E-state index in [1.165, 1.54) is 17.3 Å². The van der Waals surface area contributed by atoms with Crippen LogP contribution in [0.4, 0.5) is 0 Å². The van der Waals surface area contributed by atoms with Crippen LogP contribution in [0.5, 0.6) is 0 Å². The fourth-order valence-electron chi connectivity index (χ4n) is 3.32. The first-order chi connectivity index (χ1) is 15.0. The highest BCUT2D eigenvalue weighted by Gasteiger charge is 2.37. The maximum atomic E-state index is 13.1. The van der Waals surface area contributed by atoms with Crippen LogP contribution in [-0.4, -0.2) is 36.0 Å². The Labute approximate surface area is 185 Å². The molecule has 0 fully saturated rings. The Morgan fingerprint density at radius 3 is 1.97 bits per heavy atom. The lowest BCUT2D eigenvalue weighted by Crippen LogP contribution is -2.32. The lowest BCUT2D eigenvalue weighted by Gasteiger charge is -2.29. The molecule has 7 heteroatoms. The first-order valence-corrected chi connectivity index (χ1v) is 10.2. The summed E-state index contributed by atoms with van der Waals surface area (Å²) in [6, 6.07) is 15.4. The van der Waals surface area contributed by atoms with Crippen molar-refractivity contribution in [2.24, 2.45) is 0 Å². The van der Waals surface area contributed by atoms with Crippen molar-refractivity contribution in [2.75, 3.05) is 13.2 Å². The van der Waals surface area contributed by atoms with Crippen molar-refractivity contribution in [3.8, 4) is 0 Å². The Hall–Kier alpha value is -3.38. The third-order valence-corrected chi connectivity index (χ3v) is 4.87. The third-order valence-electron chi connectivity index (χ3n) is 4.64. The Bertz CT molecular complexity index is 1010. The normalized spacial score (nSPS) is 13.8. The first kappa shape index (κ1) is 22.3.